The van der Waals surface area contributed by atoms with E-state index in [1.54, 1.807) is 18.2 Å². The number of hydrogen-bond donors (Lipinski definition) is 1. The molecule has 1 N–H and O–H groups in total. The minimum atomic E-state index is -0.953. The second kappa shape index (κ2) is 12.2. The average Bonchev–Trinajstić information content (AvgIpc) is 2.89. The number of benzene rings is 4. The molecule has 4 aromatic rings. The maximum atomic E-state index is 13.3. The highest BCUT2D eigenvalue weighted by Crippen LogP contribution is 2.25. The van der Waals surface area contributed by atoms with Crippen LogP contribution in [0.4, 0.5) is 0 Å². The van der Waals surface area contributed by atoms with Crippen molar-refractivity contribution in [3.05, 3.63) is 130 Å². The predicted molar refractivity (Wildman–Crippen MR) is 144 cm³/mol. The van der Waals surface area contributed by atoms with Gasteiger partial charge in [0.15, 0.2) is 0 Å². The fraction of sp³-hybridized carbons (Fsp3) is 0.161. The molecular weight excluding hydrogens is 470 g/mol. The summed E-state index contributed by atoms with van der Waals surface area (Å²) in [5.74, 6) is -0.906. The third-order valence-corrected chi connectivity index (χ3v) is 6.36. The number of carbonyl (C=O) groups excluding carboxylic acids is 1. The van der Waals surface area contributed by atoms with E-state index in [4.69, 9.17) is 11.6 Å². The lowest BCUT2D eigenvalue weighted by atomic mass is 9.98. The number of rotatable bonds is 10. The molecular formula is C31H28ClNO3. The molecule has 4 rings (SSSR count). The summed E-state index contributed by atoms with van der Waals surface area (Å²) in [6.07, 6.45) is 2.04. The van der Waals surface area contributed by atoms with Crippen LogP contribution in [-0.2, 0) is 24.2 Å². The maximum absolute atomic E-state index is 13.3. The fourth-order valence-corrected chi connectivity index (χ4v) is 4.49. The molecule has 0 saturated carbocycles. The van der Waals surface area contributed by atoms with Crippen molar-refractivity contribution in [3.63, 3.8) is 0 Å². The summed E-state index contributed by atoms with van der Waals surface area (Å²) in [5.41, 5.74) is 4.91. The zero-order chi connectivity index (χ0) is 25.3. The quantitative estimate of drug-likeness (QED) is 0.259. The van der Waals surface area contributed by atoms with Crippen LogP contribution in [0.5, 0.6) is 0 Å². The molecule has 4 aromatic carbocycles. The van der Waals surface area contributed by atoms with Gasteiger partial charge < -0.3 is 10.0 Å². The van der Waals surface area contributed by atoms with Crippen LogP contribution in [0.15, 0.2) is 103 Å². The zero-order valence-electron chi connectivity index (χ0n) is 19.9. The van der Waals surface area contributed by atoms with Gasteiger partial charge in [0.2, 0.25) is 5.91 Å². The van der Waals surface area contributed by atoms with E-state index >= 15 is 0 Å². The Morgan fingerprint density at radius 3 is 2.17 bits per heavy atom. The van der Waals surface area contributed by atoms with Crippen molar-refractivity contribution in [2.24, 2.45) is 0 Å². The van der Waals surface area contributed by atoms with Crippen LogP contribution in [0.25, 0.3) is 11.1 Å². The van der Waals surface area contributed by atoms with Gasteiger partial charge in [-0.1, -0.05) is 96.5 Å². The minimum Gasteiger partial charge on any atom is -0.478 e. The van der Waals surface area contributed by atoms with Crippen molar-refractivity contribution >= 4 is 23.5 Å². The number of carbonyl (C=O) groups is 2. The molecule has 0 aliphatic rings. The third-order valence-electron chi connectivity index (χ3n) is 6.13. The molecule has 182 valence electrons. The highest BCUT2D eigenvalue weighted by Gasteiger charge is 2.16. The Hall–Kier alpha value is -3.89. The van der Waals surface area contributed by atoms with E-state index in [1.165, 1.54) is 5.56 Å². The molecule has 0 fully saturated rings. The standard InChI is InChI=1S/C31H28ClNO3/c32-27-12-6-10-25(20-27)21-30(34)33(19-7-11-23-8-2-1-3-9-23)22-24-15-17-26(18-16-24)28-13-4-5-14-29(28)31(35)36/h1-6,8-10,12-18,20H,7,11,19,21-22H2,(H,35,36). The molecule has 0 heterocycles. The number of carboxylic acid groups (broad SMARTS) is 1. The summed E-state index contributed by atoms with van der Waals surface area (Å²) < 4.78 is 0. The first-order valence-electron chi connectivity index (χ1n) is 12.0. The third kappa shape index (κ3) is 6.83. The summed E-state index contributed by atoms with van der Waals surface area (Å²) in [6.45, 7) is 1.12. The number of aryl methyl sites for hydroxylation is 1. The number of nitrogens with zero attached hydrogens (tertiary/aromatic N) is 1. The molecule has 1 amide bonds. The Balaban J connectivity index is 1.49. The summed E-state index contributed by atoms with van der Waals surface area (Å²) >= 11 is 6.12. The van der Waals surface area contributed by atoms with Crippen molar-refractivity contribution in [1.29, 1.82) is 0 Å². The molecule has 5 heteroatoms. The summed E-state index contributed by atoms with van der Waals surface area (Å²) in [6, 6.07) is 32.4. The zero-order valence-corrected chi connectivity index (χ0v) is 20.7. The number of amides is 1. The number of halogens is 1. The summed E-state index contributed by atoms with van der Waals surface area (Å²) in [7, 11) is 0. The second-order valence-corrected chi connectivity index (χ2v) is 9.20. The van der Waals surface area contributed by atoms with Crippen molar-refractivity contribution < 1.29 is 14.7 Å². The molecule has 36 heavy (non-hydrogen) atoms. The molecule has 0 radical (unpaired) electrons. The minimum absolute atomic E-state index is 0.0469. The number of hydrogen-bond acceptors (Lipinski definition) is 2. The molecule has 4 nitrogen and oxygen atoms in total. The van der Waals surface area contributed by atoms with E-state index in [-0.39, 0.29) is 17.9 Å². The van der Waals surface area contributed by atoms with E-state index < -0.39 is 5.97 Å². The van der Waals surface area contributed by atoms with Crippen molar-refractivity contribution in [1.82, 2.24) is 4.90 Å². The highest BCUT2D eigenvalue weighted by molar-refractivity contribution is 6.30. The van der Waals surface area contributed by atoms with E-state index in [1.807, 2.05) is 77.7 Å². The lowest BCUT2D eigenvalue weighted by molar-refractivity contribution is -0.131. The van der Waals surface area contributed by atoms with Gasteiger partial charge in [-0.15, -0.1) is 0 Å². The van der Waals surface area contributed by atoms with Gasteiger partial charge in [-0.25, -0.2) is 4.79 Å². The average molecular weight is 498 g/mol. The van der Waals surface area contributed by atoms with Gasteiger partial charge in [0.05, 0.1) is 12.0 Å². The van der Waals surface area contributed by atoms with Gasteiger partial charge >= 0.3 is 5.97 Å². The first-order chi connectivity index (χ1) is 17.5. The SMILES string of the molecule is O=C(O)c1ccccc1-c1ccc(CN(CCCc2ccccc2)C(=O)Cc2cccc(Cl)c2)cc1. The fourth-order valence-electron chi connectivity index (χ4n) is 4.28. The lowest BCUT2D eigenvalue weighted by Crippen LogP contribution is -2.33. The van der Waals surface area contributed by atoms with Crippen LogP contribution < -0.4 is 0 Å². The highest BCUT2D eigenvalue weighted by atomic mass is 35.5. The van der Waals surface area contributed by atoms with Crippen molar-refractivity contribution in [2.45, 2.75) is 25.8 Å². The Morgan fingerprint density at radius 1 is 0.750 bits per heavy atom. The van der Waals surface area contributed by atoms with E-state index in [0.29, 0.717) is 23.7 Å². The van der Waals surface area contributed by atoms with E-state index in [9.17, 15) is 14.7 Å². The first kappa shape index (κ1) is 25.2. The Kier molecular flexibility index (Phi) is 8.53. The number of carboxylic acids is 1. The molecule has 0 bridgehead atoms. The van der Waals surface area contributed by atoms with E-state index in [2.05, 4.69) is 12.1 Å². The van der Waals surface area contributed by atoms with E-state index in [0.717, 1.165) is 29.5 Å². The van der Waals surface area contributed by atoms with Gasteiger partial charge in [0.25, 0.3) is 0 Å². The molecule has 0 aromatic heterocycles. The Bertz CT molecular complexity index is 1320. The normalized spacial score (nSPS) is 10.7. The molecule has 0 unspecified atom stereocenters. The van der Waals surface area contributed by atoms with Gasteiger partial charge in [0.1, 0.15) is 0 Å². The Labute approximate surface area is 216 Å². The molecule has 0 saturated heterocycles. The van der Waals surface area contributed by atoms with Gasteiger partial charge in [-0.05, 0) is 58.9 Å². The summed E-state index contributed by atoms with van der Waals surface area (Å²) in [4.78, 5) is 26.8. The summed E-state index contributed by atoms with van der Waals surface area (Å²) in [5, 5.41) is 10.1. The molecule has 0 aliphatic carbocycles. The predicted octanol–water partition coefficient (Wildman–Crippen LogP) is 6.91. The Morgan fingerprint density at radius 2 is 1.44 bits per heavy atom. The second-order valence-electron chi connectivity index (χ2n) is 8.76. The van der Waals surface area contributed by atoms with Crippen LogP contribution in [-0.4, -0.2) is 28.4 Å². The van der Waals surface area contributed by atoms with Gasteiger partial charge in [-0.2, -0.15) is 0 Å². The van der Waals surface area contributed by atoms with Gasteiger partial charge in [0, 0.05) is 18.1 Å². The molecule has 0 aliphatic heterocycles. The van der Waals surface area contributed by atoms with Gasteiger partial charge in [-0.3, -0.25) is 4.79 Å². The van der Waals surface area contributed by atoms with Crippen LogP contribution in [0.3, 0.4) is 0 Å². The molecule has 0 atom stereocenters. The van der Waals surface area contributed by atoms with Crippen LogP contribution in [0, 0.1) is 0 Å². The van der Waals surface area contributed by atoms with Crippen molar-refractivity contribution in [3.8, 4) is 11.1 Å². The monoisotopic (exact) mass is 497 g/mol. The largest absolute Gasteiger partial charge is 0.478 e. The molecule has 0 spiro atoms. The number of aromatic carboxylic acids is 1. The van der Waals surface area contributed by atoms with Crippen molar-refractivity contribution in [2.75, 3.05) is 6.54 Å². The van der Waals surface area contributed by atoms with Crippen LogP contribution >= 0.6 is 11.6 Å². The topological polar surface area (TPSA) is 57.6 Å². The maximum Gasteiger partial charge on any atom is 0.336 e. The lowest BCUT2D eigenvalue weighted by Gasteiger charge is -2.23. The smallest absolute Gasteiger partial charge is 0.336 e. The van der Waals surface area contributed by atoms with Crippen LogP contribution in [0.2, 0.25) is 5.02 Å². The first-order valence-corrected chi connectivity index (χ1v) is 12.3. The van der Waals surface area contributed by atoms with Crippen LogP contribution in [0.1, 0.15) is 33.5 Å².